The van der Waals surface area contributed by atoms with E-state index in [2.05, 4.69) is 16.4 Å². The van der Waals surface area contributed by atoms with Gasteiger partial charge in [-0.25, -0.2) is 4.39 Å². The van der Waals surface area contributed by atoms with Crippen LogP contribution in [0, 0.1) is 5.82 Å². The quantitative estimate of drug-likeness (QED) is 0.403. The van der Waals surface area contributed by atoms with Gasteiger partial charge in [-0.3, -0.25) is 4.79 Å². The third-order valence-electron chi connectivity index (χ3n) is 7.06. The van der Waals surface area contributed by atoms with Crippen LogP contribution in [0.2, 0.25) is 0 Å². The molecule has 0 saturated heterocycles. The molecule has 0 radical (unpaired) electrons. The summed E-state index contributed by atoms with van der Waals surface area (Å²) in [5, 5.41) is 2.99. The van der Waals surface area contributed by atoms with Crippen molar-refractivity contribution in [3.05, 3.63) is 94.9 Å². The highest BCUT2D eigenvalue weighted by atomic mass is 19.1. The molecule has 7 nitrogen and oxygen atoms in total. The van der Waals surface area contributed by atoms with Gasteiger partial charge in [0, 0.05) is 25.4 Å². The molecule has 3 aromatic carbocycles. The number of carbonyl (C=O) groups is 1. The van der Waals surface area contributed by atoms with Gasteiger partial charge in [0.2, 0.25) is 0 Å². The monoisotopic (exact) mass is 518 g/mol. The van der Waals surface area contributed by atoms with Crippen LogP contribution < -0.4 is 24.3 Å². The zero-order valence-corrected chi connectivity index (χ0v) is 21.7. The van der Waals surface area contributed by atoms with Gasteiger partial charge in [-0.2, -0.15) is 0 Å². The molecule has 0 aromatic heterocycles. The van der Waals surface area contributed by atoms with E-state index in [9.17, 15) is 4.79 Å². The number of methoxy groups -OCH3 is 2. The summed E-state index contributed by atoms with van der Waals surface area (Å²) in [5.74, 6) is 0.829. The predicted octanol–water partition coefficient (Wildman–Crippen LogP) is 5.09. The van der Waals surface area contributed by atoms with Crippen molar-refractivity contribution in [3.8, 4) is 23.0 Å². The molecule has 5 rings (SSSR count). The molecule has 2 bridgehead atoms. The number of nitrogens with zero attached hydrogens (tertiary/aromatic N) is 1. The highest BCUT2D eigenvalue weighted by Gasteiger charge is 2.37. The smallest absolute Gasteiger partial charge is 0.254 e. The van der Waals surface area contributed by atoms with E-state index in [0.717, 1.165) is 35.5 Å². The van der Waals surface area contributed by atoms with E-state index in [4.69, 9.17) is 18.9 Å². The molecule has 0 spiro atoms. The highest BCUT2D eigenvalue weighted by molar-refractivity contribution is 5.95. The predicted molar refractivity (Wildman–Crippen MR) is 141 cm³/mol. The Morgan fingerprint density at radius 2 is 1.47 bits per heavy atom. The minimum atomic E-state index is -0.668. The number of hydrogen-bond acceptors (Lipinski definition) is 6. The third-order valence-corrected chi connectivity index (χ3v) is 7.06. The largest absolute Gasteiger partial charge is 0.497 e. The molecule has 1 heterocycles. The number of hydrogen-bond donors (Lipinski definition) is 1. The molecule has 2 atom stereocenters. The summed E-state index contributed by atoms with van der Waals surface area (Å²) in [6.45, 7) is 0.401. The summed E-state index contributed by atoms with van der Waals surface area (Å²) in [6, 6.07) is 17.8. The zero-order chi connectivity index (χ0) is 26.6. The third kappa shape index (κ3) is 5.54. The second kappa shape index (κ2) is 11.0. The van der Waals surface area contributed by atoms with Crippen molar-refractivity contribution < 1.29 is 28.1 Å². The Kier molecular flexibility index (Phi) is 7.40. The van der Waals surface area contributed by atoms with E-state index in [1.807, 2.05) is 55.6 Å². The maximum absolute atomic E-state index is 15.2. The fourth-order valence-electron chi connectivity index (χ4n) is 4.83. The molecule has 1 saturated carbocycles. The average Bonchev–Trinajstić information content (AvgIpc) is 3.50. The van der Waals surface area contributed by atoms with Gasteiger partial charge in [-0.05, 0) is 59.9 Å². The molecule has 3 aromatic rings. The van der Waals surface area contributed by atoms with Crippen LogP contribution in [-0.2, 0) is 13.2 Å². The lowest BCUT2D eigenvalue weighted by atomic mass is 10.1. The molecule has 198 valence electrons. The van der Waals surface area contributed by atoms with Gasteiger partial charge in [0.25, 0.3) is 5.91 Å². The zero-order valence-electron chi connectivity index (χ0n) is 21.7. The first-order valence-electron chi connectivity index (χ1n) is 12.5. The molecule has 1 fully saturated rings. The van der Waals surface area contributed by atoms with Crippen LogP contribution in [0.25, 0.3) is 0 Å². The van der Waals surface area contributed by atoms with Crippen molar-refractivity contribution in [1.29, 1.82) is 0 Å². The normalized spacial score (nSPS) is 17.7. The van der Waals surface area contributed by atoms with Gasteiger partial charge in [-0.15, -0.1) is 0 Å². The molecule has 1 amide bonds. The van der Waals surface area contributed by atoms with Gasteiger partial charge in [0.1, 0.15) is 30.5 Å². The second-order valence-electron chi connectivity index (χ2n) is 9.54. The number of ether oxygens (including phenoxy) is 4. The van der Waals surface area contributed by atoms with E-state index in [-0.39, 0.29) is 36.3 Å². The van der Waals surface area contributed by atoms with Crippen LogP contribution in [-0.4, -0.2) is 44.2 Å². The minimum absolute atomic E-state index is 0.0803. The highest BCUT2D eigenvalue weighted by Crippen LogP contribution is 2.36. The van der Waals surface area contributed by atoms with Crippen molar-refractivity contribution in [1.82, 2.24) is 10.2 Å². The molecule has 1 aliphatic carbocycles. The molecule has 8 heteroatoms. The lowest BCUT2D eigenvalue weighted by Gasteiger charge is -2.25. The first-order chi connectivity index (χ1) is 18.4. The van der Waals surface area contributed by atoms with E-state index in [1.54, 1.807) is 14.2 Å². The lowest BCUT2D eigenvalue weighted by Crippen LogP contribution is -2.38. The van der Waals surface area contributed by atoms with E-state index in [0.29, 0.717) is 6.04 Å². The Hall–Kier alpha value is -4.20. The summed E-state index contributed by atoms with van der Waals surface area (Å²) in [6.07, 6.45) is 3.81. The van der Waals surface area contributed by atoms with Gasteiger partial charge in [0.05, 0.1) is 25.8 Å². The van der Waals surface area contributed by atoms with E-state index < -0.39 is 11.7 Å². The summed E-state index contributed by atoms with van der Waals surface area (Å²) in [5.41, 5.74) is 2.86. The number of fused-ring (bicyclic) bond motifs is 2. The number of amides is 1. The number of nitrogens with one attached hydrogen (secondary N) is 1. The lowest BCUT2D eigenvalue weighted by molar-refractivity contribution is 0.0935. The van der Waals surface area contributed by atoms with Crippen LogP contribution in [0.15, 0.2) is 72.4 Å². The fraction of sp³-hybridized carbons (Fsp3) is 0.300. The van der Waals surface area contributed by atoms with Crippen LogP contribution in [0.5, 0.6) is 23.0 Å². The first-order valence-corrected chi connectivity index (χ1v) is 12.5. The van der Waals surface area contributed by atoms with Crippen LogP contribution in [0.1, 0.15) is 34.3 Å². The summed E-state index contributed by atoms with van der Waals surface area (Å²) < 4.78 is 37.6. The maximum Gasteiger partial charge on any atom is 0.254 e. The molecule has 1 N–H and O–H groups in total. The Morgan fingerprint density at radius 1 is 0.921 bits per heavy atom. The Labute approximate surface area is 221 Å². The summed E-state index contributed by atoms with van der Waals surface area (Å²) in [7, 11) is 5.24. The Balaban J connectivity index is 1.35. The first kappa shape index (κ1) is 25.4. The SMILES string of the molecule is COc1ccc(COc2cc(F)c(C(=O)N[C@@H]3C[C@@H]4CC3=CN4C)cc2OCc2ccc(OC)cc2)cc1. The van der Waals surface area contributed by atoms with Crippen LogP contribution in [0.3, 0.4) is 0 Å². The van der Waals surface area contributed by atoms with Crippen molar-refractivity contribution in [2.45, 2.75) is 38.1 Å². The number of carbonyl (C=O) groups excluding carboxylic acids is 1. The Morgan fingerprint density at radius 3 is 1.95 bits per heavy atom. The van der Waals surface area contributed by atoms with E-state index in [1.165, 1.54) is 17.7 Å². The van der Waals surface area contributed by atoms with Crippen molar-refractivity contribution in [3.63, 3.8) is 0 Å². The molecule has 2 aliphatic rings. The topological polar surface area (TPSA) is 69.3 Å². The van der Waals surface area contributed by atoms with Crippen molar-refractivity contribution >= 4 is 5.91 Å². The van der Waals surface area contributed by atoms with Gasteiger partial charge < -0.3 is 29.2 Å². The summed E-state index contributed by atoms with van der Waals surface area (Å²) >= 11 is 0. The van der Waals surface area contributed by atoms with Gasteiger partial charge in [-0.1, -0.05) is 24.3 Å². The van der Waals surface area contributed by atoms with Crippen molar-refractivity contribution in [2.24, 2.45) is 0 Å². The summed E-state index contributed by atoms with van der Waals surface area (Å²) in [4.78, 5) is 15.3. The number of rotatable bonds is 10. The molecule has 0 unspecified atom stereocenters. The van der Waals surface area contributed by atoms with Gasteiger partial charge in [0.15, 0.2) is 11.5 Å². The minimum Gasteiger partial charge on any atom is -0.497 e. The standard InChI is InChI=1S/C30H31FN2O5/c1-33-16-21-12-22(33)13-27(21)32-30(34)25-14-28(37-17-19-4-8-23(35-2)9-5-19)29(15-26(25)31)38-18-20-6-10-24(36-3)11-7-20/h4-11,14-16,22,27H,12-13,17-18H2,1-3H3,(H,32,34)/t22-,27+/m0/s1. The van der Waals surface area contributed by atoms with E-state index >= 15 is 4.39 Å². The maximum atomic E-state index is 15.2. The number of halogens is 1. The number of benzene rings is 3. The average molecular weight is 519 g/mol. The molecular formula is C30H31FN2O5. The fourth-order valence-corrected chi connectivity index (χ4v) is 4.83. The second-order valence-corrected chi connectivity index (χ2v) is 9.54. The van der Waals surface area contributed by atoms with Crippen LogP contribution >= 0.6 is 0 Å². The molecular weight excluding hydrogens is 487 g/mol. The van der Waals surface area contributed by atoms with Crippen molar-refractivity contribution in [2.75, 3.05) is 21.3 Å². The van der Waals surface area contributed by atoms with Crippen LogP contribution in [0.4, 0.5) is 4.39 Å². The van der Waals surface area contributed by atoms with Gasteiger partial charge >= 0.3 is 0 Å². The Bertz CT molecular complexity index is 1320. The molecule has 38 heavy (non-hydrogen) atoms. The molecule has 1 aliphatic heterocycles.